The van der Waals surface area contributed by atoms with Crippen molar-refractivity contribution in [1.82, 2.24) is 0 Å². The minimum Gasteiger partial charge on any atom is -0.433 e. The van der Waals surface area contributed by atoms with Crippen LogP contribution in [0.2, 0.25) is 0 Å². The van der Waals surface area contributed by atoms with E-state index in [-0.39, 0.29) is 36.1 Å². The van der Waals surface area contributed by atoms with Gasteiger partial charge in [-0.05, 0) is 24.3 Å². The number of non-ortho nitro benzene ring substituents is 2. The van der Waals surface area contributed by atoms with Crippen molar-refractivity contribution < 1.29 is 38.4 Å². The number of benzene rings is 2. The normalized spacial score (nSPS) is 10.1. The molecule has 0 saturated carbocycles. The van der Waals surface area contributed by atoms with E-state index in [9.17, 15) is 29.8 Å². The average molecular weight is 452 g/mol. The first-order valence-corrected chi connectivity index (χ1v) is 9.76. The molecule has 0 fully saturated rings. The predicted molar refractivity (Wildman–Crippen MR) is 107 cm³/mol. The Bertz CT molecular complexity index is 842. The predicted octanol–water partition coefficient (Wildman–Crippen LogP) is 3.97. The summed E-state index contributed by atoms with van der Waals surface area (Å²) < 4.78 is 19.5. The Kier molecular flexibility index (Phi) is 9.04. The van der Waals surface area contributed by atoms with Gasteiger partial charge in [0.15, 0.2) is 0 Å². The van der Waals surface area contributed by atoms with Crippen LogP contribution in [-0.4, -0.2) is 46.9 Å². The Balaban J connectivity index is 1.53. The monoisotopic (exact) mass is 452 g/mol. The Morgan fingerprint density at radius 3 is 1.39 bits per heavy atom. The second-order valence-electron chi connectivity index (χ2n) is 5.52. The minimum absolute atomic E-state index is 0.0454. The van der Waals surface area contributed by atoms with E-state index in [2.05, 4.69) is 0 Å². The summed E-state index contributed by atoms with van der Waals surface area (Å²) in [7, 11) is 0. The molecule has 0 atom stereocenters. The number of carbonyl (C=O) groups excluding carboxylic acids is 2. The van der Waals surface area contributed by atoms with Crippen molar-refractivity contribution in [3.8, 4) is 11.5 Å². The highest BCUT2D eigenvalue weighted by Gasteiger charge is 2.10. The van der Waals surface area contributed by atoms with Crippen LogP contribution in [0.5, 0.6) is 11.5 Å². The highest BCUT2D eigenvalue weighted by atomic mass is 32.2. The second-order valence-corrected chi connectivity index (χ2v) is 6.74. The van der Waals surface area contributed by atoms with Gasteiger partial charge in [-0.15, -0.1) is 0 Å². The van der Waals surface area contributed by atoms with Crippen LogP contribution in [0, 0.1) is 20.2 Å². The average Bonchev–Trinajstić information content (AvgIpc) is 2.73. The van der Waals surface area contributed by atoms with E-state index < -0.39 is 22.2 Å². The second kappa shape index (κ2) is 12.0. The van der Waals surface area contributed by atoms with Gasteiger partial charge in [0.2, 0.25) is 0 Å². The first kappa shape index (κ1) is 23.4. The standard InChI is InChI=1S/C18H16N2O10S/c21-17(29-15-5-1-13(2-6-15)19(23)24)27-9-11-31-12-10-28-18(22)30-16-7-3-14(4-8-16)20(25)26/h1-8H,9-12H2. The number of carbonyl (C=O) groups is 2. The molecule has 0 heterocycles. The SMILES string of the molecule is O=C(OCCSCCOC(=O)Oc1ccc([N+](=O)[O-])cc1)Oc1ccc([N+](=O)[O-])cc1. The van der Waals surface area contributed by atoms with Gasteiger partial charge in [-0.2, -0.15) is 11.8 Å². The number of hydrogen-bond acceptors (Lipinski definition) is 11. The first-order valence-electron chi connectivity index (χ1n) is 8.61. The van der Waals surface area contributed by atoms with Crippen molar-refractivity contribution in [2.24, 2.45) is 0 Å². The van der Waals surface area contributed by atoms with Gasteiger partial charge in [-0.1, -0.05) is 0 Å². The number of nitrogens with zero attached hydrogens (tertiary/aromatic N) is 2. The third kappa shape index (κ3) is 8.57. The lowest BCUT2D eigenvalue weighted by molar-refractivity contribution is -0.385. The van der Waals surface area contributed by atoms with Crippen molar-refractivity contribution in [3.63, 3.8) is 0 Å². The third-order valence-electron chi connectivity index (χ3n) is 3.39. The number of thioether (sulfide) groups is 1. The molecule has 13 heteroatoms. The summed E-state index contributed by atoms with van der Waals surface area (Å²) in [6.07, 6.45) is -1.89. The molecule has 0 aliphatic rings. The Morgan fingerprint density at radius 1 is 0.710 bits per heavy atom. The molecule has 0 radical (unpaired) electrons. The van der Waals surface area contributed by atoms with E-state index in [1.54, 1.807) is 0 Å². The molecule has 2 rings (SSSR count). The van der Waals surface area contributed by atoms with Gasteiger partial charge in [0.05, 0.1) is 9.85 Å². The number of rotatable bonds is 10. The molecule has 2 aromatic rings. The smallest absolute Gasteiger partial charge is 0.433 e. The van der Waals surface area contributed by atoms with Gasteiger partial charge < -0.3 is 18.9 Å². The summed E-state index contributed by atoms with van der Waals surface area (Å²) in [6, 6.07) is 9.91. The Hall–Kier alpha value is -3.87. The van der Waals surface area contributed by atoms with E-state index in [0.717, 1.165) is 0 Å². The van der Waals surface area contributed by atoms with Crippen molar-refractivity contribution in [2.45, 2.75) is 0 Å². The first-order chi connectivity index (χ1) is 14.8. The zero-order valence-corrected chi connectivity index (χ0v) is 16.6. The van der Waals surface area contributed by atoms with Gasteiger partial charge in [-0.25, -0.2) is 9.59 Å². The molecule has 0 unspecified atom stereocenters. The Labute approximate surface area is 179 Å². The van der Waals surface area contributed by atoms with Crippen molar-refractivity contribution >= 4 is 35.4 Å². The summed E-state index contributed by atoms with van der Waals surface area (Å²) in [5, 5.41) is 21.1. The quantitative estimate of drug-likeness (QED) is 0.169. The van der Waals surface area contributed by atoms with Crippen LogP contribution in [0.25, 0.3) is 0 Å². The van der Waals surface area contributed by atoms with Gasteiger partial charge in [0, 0.05) is 35.8 Å². The largest absolute Gasteiger partial charge is 0.513 e. The van der Waals surface area contributed by atoms with E-state index in [1.807, 2.05) is 0 Å². The minimum atomic E-state index is -0.947. The summed E-state index contributed by atoms with van der Waals surface area (Å²) in [5.74, 6) is 1.05. The highest BCUT2D eigenvalue weighted by molar-refractivity contribution is 7.99. The molecule has 0 N–H and O–H groups in total. The van der Waals surface area contributed by atoms with Crippen molar-refractivity contribution in [1.29, 1.82) is 0 Å². The summed E-state index contributed by atoms with van der Waals surface area (Å²) in [4.78, 5) is 43.0. The van der Waals surface area contributed by atoms with Gasteiger partial charge in [-0.3, -0.25) is 20.2 Å². The van der Waals surface area contributed by atoms with E-state index in [1.165, 1.54) is 60.3 Å². The fourth-order valence-electron chi connectivity index (χ4n) is 1.99. The van der Waals surface area contributed by atoms with Crippen LogP contribution in [0.4, 0.5) is 21.0 Å². The maximum absolute atomic E-state index is 11.5. The summed E-state index contributed by atoms with van der Waals surface area (Å²) in [6.45, 7) is 0.0907. The zero-order valence-electron chi connectivity index (χ0n) is 15.8. The molecule has 0 spiro atoms. The number of nitro groups is 2. The summed E-state index contributed by atoms with van der Waals surface area (Å²) in [5.41, 5.74) is -0.257. The fourth-order valence-corrected chi connectivity index (χ4v) is 2.60. The van der Waals surface area contributed by atoms with Crippen molar-refractivity contribution in [3.05, 3.63) is 68.8 Å². The molecule has 0 saturated heterocycles. The highest BCUT2D eigenvalue weighted by Crippen LogP contribution is 2.18. The van der Waals surface area contributed by atoms with E-state index in [0.29, 0.717) is 11.5 Å². The number of hydrogen-bond donors (Lipinski definition) is 0. The van der Waals surface area contributed by atoms with Crippen LogP contribution in [0.3, 0.4) is 0 Å². The van der Waals surface area contributed by atoms with Crippen LogP contribution in [0.1, 0.15) is 0 Å². The number of ether oxygens (including phenoxy) is 4. The Morgan fingerprint density at radius 2 is 1.06 bits per heavy atom. The molecule has 12 nitrogen and oxygen atoms in total. The fraction of sp³-hybridized carbons (Fsp3) is 0.222. The molecule has 0 aliphatic heterocycles. The summed E-state index contributed by atoms with van der Waals surface area (Å²) >= 11 is 1.34. The van der Waals surface area contributed by atoms with Gasteiger partial charge >= 0.3 is 12.3 Å². The van der Waals surface area contributed by atoms with E-state index in [4.69, 9.17) is 18.9 Å². The lowest BCUT2D eigenvalue weighted by atomic mass is 10.3. The van der Waals surface area contributed by atoms with Crippen LogP contribution in [-0.2, 0) is 9.47 Å². The topological polar surface area (TPSA) is 157 Å². The molecular formula is C18H16N2O10S. The molecule has 0 aromatic heterocycles. The molecule has 31 heavy (non-hydrogen) atoms. The molecule has 2 aromatic carbocycles. The lowest BCUT2D eigenvalue weighted by Crippen LogP contribution is -2.14. The zero-order chi connectivity index (χ0) is 22.6. The van der Waals surface area contributed by atoms with Crippen LogP contribution in [0.15, 0.2) is 48.5 Å². The van der Waals surface area contributed by atoms with Crippen LogP contribution < -0.4 is 9.47 Å². The molecule has 0 bridgehead atoms. The maximum atomic E-state index is 11.5. The van der Waals surface area contributed by atoms with Crippen LogP contribution >= 0.6 is 11.8 Å². The third-order valence-corrected chi connectivity index (χ3v) is 4.30. The van der Waals surface area contributed by atoms with E-state index >= 15 is 0 Å². The van der Waals surface area contributed by atoms with Crippen molar-refractivity contribution in [2.75, 3.05) is 24.7 Å². The molecule has 0 aliphatic carbocycles. The van der Waals surface area contributed by atoms with Gasteiger partial charge in [0.1, 0.15) is 24.7 Å². The number of nitro benzene ring substituents is 2. The lowest BCUT2D eigenvalue weighted by Gasteiger charge is -2.07. The molecule has 164 valence electrons. The molecule has 0 amide bonds. The van der Waals surface area contributed by atoms with Gasteiger partial charge in [0.25, 0.3) is 11.4 Å². The molecular weight excluding hydrogens is 436 g/mol. The maximum Gasteiger partial charge on any atom is 0.513 e.